The van der Waals surface area contributed by atoms with Crippen LogP contribution in [-0.2, 0) is 6.18 Å². The summed E-state index contributed by atoms with van der Waals surface area (Å²) in [7, 11) is 1.33. The Bertz CT molecular complexity index is 480. The molecule has 0 spiro atoms. The lowest BCUT2D eigenvalue weighted by Gasteiger charge is -2.34. The number of hydrogen-bond acceptors (Lipinski definition) is 4. The van der Waals surface area contributed by atoms with Crippen molar-refractivity contribution in [1.29, 1.82) is 0 Å². The van der Waals surface area contributed by atoms with Crippen molar-refractivity contribution in [3.63, 3.8) is 0 Å². The summed E-state index contributed by atoms with van der Waals surface area (Å²) in [5.41, 5.74) is -0.337. The largest absolute Gasteiger partial charge is 0.497 e. The summed E-state index contributed by atoms with van der Waals surface area (Å²) in [6, 6.07) is 3.16. The molecular weight excluding hydrogens is 321 g/mol. The molecule has 0 amide bonds. The van der Waals surface area contributed by atoms with E-state index >= 15 is 0 Å². The summed E-state index contributed by atoms with van der Waals surface area (Å²) in [6.45, 7) is 2.65. The van der Waals surface area contributed by atoms with Gasteiger partial charge in [-0.1, -0.05) is 0 Å². The van der Waals surface area contributed by atoms with Crippen molar-refractivity contribution in [1.82, 2.24) is 10.2 Å². The molecule has 0 saturated carbocycles. The van der Waals surface area contributed by atoms with Crippen LogP contribution in [0.4, 0.5) is 13.2 Å². The fraction of sp³-hybridized carbons (Fsp3) is 0.571. The van der Waals surface area contributed by atoms with Gasteiger partial charge in [-0.15, -0.1) is 12.4 Å². The lowest BCUT2D eigenvalue weighted by atomic mass is 10.0. The van der Waals surface area contributed by atoms with Crippen LogP contribution < -0.4 is 10.1 Å². The van der Waals surface area contributed by atoms with Crippen LogP contribution in [0.5, 0.6) is 5.75 Å². The van der Waals surface area contributed by atoms with Crippen molar-refractivity contribution in [3.05, 3.63) is 29.3 Å². The molecule has 1 heterocycles. The van der Waals surface area contributed by atoms with Gasteiger partial charge in [0.2, 0.25) is 0 Å². The highest BCUT2D eigenvalue weighted by Crippen LogP contribution is 2.35. The molecule has 1 aliphatic rings. The van der Waals surface area contributed by atoms with Gasteiger partial charge in [0.25, 0.3) is 0 Å². The molecule has 126 valence electrons. The van der Waals surface area contributed by atoms with Crippen molar-refractivity contribution in [3.8, 4) is 5.75 Å². The van der Waals surface area contributed by atoms with Gasteiger partial charge < -0.3 is 15.2 Å². The second-order valence-corrected chi connectivity index (χ2v) is 4.98. The number of aliphatic hydroxyl groups is 1. The third-order valence-corrected chi connectivity index (χ3v) is 3.64. The maximum Gasteiger partial charge on any atom is 0.416 e. The zero-order valence-electron chi connectivity index (χ0n) is 12.2. The van der Waals surface area contributed by atoms with Gasteiger partial charge in [0, 0.05) is 26.2 Å². The Morgan fingerprint density at radius 2 is 1.91 bits per heavy atom. The Kier molecular flexibility index (Phi) is 6.93. The average molecular weight is 341 g/mol. The SMILES string of the molecule is COc1cc([C@@H](CO)N2CCNCC2)cc(C(F)(F)F)c1.Cl. The lowest BCUT2D eigenvalue weighted by molar-refractivity contribution is -0.137. The summed E-state index contributed by atoms with van der Waals surface area (Å²) < 4.78 is 43.8. The number of ether oxygens (including phenoxy) is 1. The van der Waals surface area contributed by atoms with Gasteiger partial charge in [0.15, 0.2) is 0 Å². The molecule has 2 rings (SSSR count). The second-order valence-electron chi connectivity index (χ2n) is 4.98. The van der Waals surface area contributed by atoms with Gasteiger partial charge in [-0.05, 0) is 23.8 Å². The van der Waals surface area contributed by atoms with E-state index in [0.29, 0.717) is 18.7 Å². The monoisotopic (exact) mass is 340 g/mol. The number of aliphatic hydroxyl groups excluding tert-OH is 1. The topological polar surface area (TPSA) is 44.7 Å². The maximum atomic E-state index is 13.0. The van der Waals surface area contributed by atoms with Gasteiger partial charge >= 0.3 is 6.18 Å². The lowest BCUT2D eigenvalue weighted by Crippen LogP contribution is -2.46. The molecule has 1 aromatic rings. The number of methoxy groups -OCH3 is 1. The summed E-state index contributed by atoms with van der Waals surface area (Å²) in [6.07, 6.45) is -4.44. The zero-order chi connectivity index (χ0) is 15.5. The Balaban J connectivity index is 0.00000242. The van der Waals surface area contributed by atoms with Crippen molar-refractivity contribution in [2.24, 2.45) is 0 Å². The first-order valence-electron chi connectivity index (χ1n) is 6.77. The summed E-state index contributed by atoms with van der Waals surface area (Å²) in [4.78, 5) is 1.98. The second kappa shape index (κ2) is 8.01. The predicted octanol–water partition coefficient (Wildman–Crippen LogP) is 2.07. The third-order valence-electron chi connectivity index (χ3n) is 3.64. The van der Waals surface area contributed by atoms with E-state index in [9.17, 15) is 18.3 Å². The smallest absolute Gasteiger partial charge is 0.416 e. The van der Waals surface area contributed by atoms with E-state index in [-0.39, 0.29) is 24.8 Å². The van der Waals surface area contributed by atoms with Gasteiger partial charge in [-0.3, -0.25) is 4.90 Å². The van der Waals surface area contributed by atoms with E-state index in [1.54, 1.807) is 6.07 Å². The molecule has 0 unspecified atom stereocenters. The zero-order valence-corrected chi connectivity index (χ0v) is 13.0. The standard InChI is InChI=1S/C14H19F3N2O2.ClH/c1-21-12-7-10(6-11(8-12)14(15,16)17)13(9-20)19-4-2-18-3-5-19;/h6-8,13,18,20H,2-5,9H2,1H3;1H/t13-;/m1./s1. The summed E-state index contributed by atoms with van der Waals surface area (Å²) >= 11 is 0. The normalized spacial score (nSPS) is 17.7. The molecule has 4 nitrogen and oxygen atoms in total. The quantitative estimate of drug-likeness (QED) is 0.881. The van der Waals surface area contributed by atoms with E-state index in [1.807, 2.05) is 4.90 Å². The van der Waals surface area contributed by atoms with Crippen molar-refractivity contribution >= 4 is 12.4 Å². The molecule has 0 bridgehead atoms. The molecule has 1 aliphatic heterocycles. The molecule has 0 aliphatic carbocycles. The average Bonchev–Trinajstić information content (AvgIpc) is 2.48. The Hall–Kier alpha value is -1.02. The first kappa shape index (κ1) is 19.0. The Morgan fingerprint density at radius 3 is 2.41 bits per heavy atom. The van der Waals surface area contributed by atoms with E-state index < -0.39 is 17.8 Å². The van der Waals surface area contributed by atoms with Gasteiger partial charge in [0.05, 0.1) is 25.3 Å². The van der Waals surface area contributed by atoms with Gasteiger partial charge in [-0.25, -0.2) is 0 Å². The van der Waals surface area contributed by atoms with E-state index in [2.05, 4.69) is 5.32 Å². The van der Waals surface area contributed by atoms with Crippen molar-refractivity contribution < 1.29 is 23.0 Å². The molecule has 1 atom stereocenters. The Labute approximate surface area is 133 Å². The fourth-order valence-corrected chi connectivity index (χ4v) is 2.52. The molecule has 22 heavy (non-hydrogen) atoms. The number of alkyl halides is 3. The number of hydrogen-bond donors (Lipinski definition) is 2. The number of nitrogens with one attached hydrogen (secondary N) is 1. The summed E-state index contributed by atoms with van der Waals surface area (Å²) in [5.74, 6) is 0.147. The van der Waals surface area contributed by atoms with Crippen LogP contribution in [-0.4, -0.2) is 49.9 Å². The minimum Gasteiger partial charge on any atom is -0.497 e. The molecule has 0 radical (unpaired) electrons. The maximum absolute atomic E-state index is 13.0. The van der Waals surface area contributed by atoms with Crippen LogP contribution in [0.25, 0.3) is 0 Å². The van der Waals surface area contributed by atoms with Crippen molar-refractivity contribution in [2.45, 2.75) is 12.2 Å². The van der Waals surface area contributed by atoms with Crippen LogP contribution in [0.2, 0.25) is 0 Å². The number of nitrogens with zero attached hydrogens (tertiary/aromatic N) is 1. The van der Waals surface area contributed by atoms with Crippen LogP contribution in [0.15, 0.2) is 18.2 Å². The highest BCUT2D eigenvalue weighted by molar-refractivity contribution is 5.85. The predicted molar refractivity (Wildman–Crippen MR) is 79.5 cm³/mol. The fourth-order valence-electron chi connectivity index (χ4n) is 2.52. The first-order chi connectivity index (χ1) is 9.95. The van der Waals surface area contributed by atoms with Gasteiger partial charge in [0.1, 0.15) is 5.75 Å². The van der Waals surface area contributed by atoms with Crippen LogP contribution in [0.1, 0.15) is 17.2 Å². The molecule has 0 aromatic heterocycles. The third kappa shape index (κ3) is 4.49. The molecule has 2 N–H and O–H groups in total. The summed E-state index contributed by atoms with van der Waals surface area (Å²) in [5, 5.41) is 12.8. The number of rotatable bonds is 4. The molecule has 1 saturated heterocycles. The Morgan fingerprint density at radius 1 is 1.27 bits per heavy atom. The molecule has 8 heteroatoms. The van der Waals surface area contributed by atoms with Crippen LogP contribution >= 0.6 is 12.4 Å². The minimum absolute atomic E-state index is 0. The highest BCUT2D eigenvalue weighted by Gasteiger charge is 2.33. The number of piperazine rings is 1. The number of benzene rings is 1. The van der Waals surface area contributed by atoms with E-state index in [0.717, 1.165) is 25.2 Å². The molecule has 1 fully saturated rings. The van der Waals surface area contributed by atoms with E-state index in [4.69, 9.17) is 4.74 Å². The molecular formula is C14H20ClF3N2O2. The first-order valence-corrected chi connectivity index (χ1v) is 6.77. The minimum atomic E-state index is -4.44. The van der Waals surface area contributed by atoms with Gasteiger partial charge in [-0.2, -0.15) is 13.2 Å². The number of halogens is 4. The van der Waals surface area contributed by atoms with Crippen molar-refractivity contribution in [2.75, 3.05) is 39.9 Å². The van der Waals surface area contributed by atoms with Crippen LogP contribution in [0, 0.1) is 0 Å². The van der Waals surface area contributed by atoms with E-state index in [1.165, 1.54) is 7.11 Å². The molecule has 1 aromatic carbocycles. The highest BCUT2D eigenvalue weighted by atomic mass is 35.5. The van der Waals surface area contributed by atoms with Crippen LogP contribution in [0.3, 0.4) is 0 Å².